The summed E-state index contributed by atoms with van der Waals surface area (Å²) >= 11 is 0. The monoisotopic (exact) mass is 258 g/mol. The minimum Gasteiger partial charge on any atom is -0.338 e. The first-order valence-corrected chi connectivity index (χ1v) is 7.14. The SMILES string of the molecule is Cc1cc(C)c(C(=O)N2CC3CNCC3C2)c(C)c1. The third-order valence-electron chi connectivity index (χ3n) is 4.57. The molecule has 2 saturated heterocycles. The first kappa shape index (κ1) is 12.7. The summed E-state index contributed by atoms with van der Waals surface area (Å²) in [4.78, 5) is 14.8. The number of likely N-dealkylation sites (tertiary alicyclic amines) is 1. The van der Waals surface area contributed by atoms with Crippen molar-refractivity contribution in [3.63, 3.8) is 0 Å². The van der Waals surface area contributed by atoms with Gasteiger partial charge in [0.25, 0.3) is 5.91 Å². The number of carbonyl (C=O) groups is 1. The van der Waals surface area contributed by atoms with E-state index in [1.807, 2.05) is 13.8 Å². The second-order valence-electron chi connectivity index (χ2n) is 6.16. The van der Waals surface area contributed by atoms with Gasteiger partial charge >= 0.3 is 0 Å². The molecule has 19 heavy (non-hydrogen) atoms. The second-order valence-corrected chi connectivity index (χ2v) is 6.16. The number of hydrogen-bond acceptors (Lipinski definition) is 2. The molecule has 3 nitrogen and oxygen atoms in total. The van der Waals surface area contributed by atoms with E-state index >= 15 is 0 Å². The van der Waals surface area contributed by atoms with Gasteiger partial charge in [-0.05, 0) is 43.7 Å². The van der Waals surface area contributed by atoms with Gasteiger partial charge in [0.15, 0.2) is 0 Å². The Labute approximate surface area is 115 Å². The summed E-state index contributed by atoms with van der Waals surface area (Å²) in [5, 5.41) is 3.42. The van der Waals surface area contributed by atoms with Crippen LogP contribution in [0.5, 0.6) is 0 Å². The van der Waals surface area contributed by atoms with E-state index in [2.05, 4.69) is 29.3 Å². The molecule has 0 aromatic heterocycles. The lowest BCUT2D eigenvalue weighted by atomic mass is 9.99. The fourth-order valence-corrected chi connectivity index (χ4v) is 3.70. The molecule has 0 saturated carbocycles. The van der Waals surface area contributed by atoms with Crippen molar-refractivity contribution in [3.05, 3.63) is 34.4 Å². The molecule has 2 atom stereocenters. The molecule has 1 amide bonds. The van der Waals surface area contributed by atoms with E-state index in [1.54, 1.807) is 0 Å². The third kappa shape index (κ3) is 2.16. The Balaban J connectivity index is 1.85. The number of hydrogen-bond donors (Lipinski definition) is 1. The molecule has 102 valence electrons. The number of aryl methyl sites for hydroxylation is 3. The highest BCUT2D eigenvalue weighted by Gasteiger charge is 2.38. The number of fused-ring (bicyclic) bond motifs is 1. The van der Waals surface area contributed by atoms with Crippen molar-refractivity contribution in [1.82, 2.24) is 10.2 Å². The summed E-state index contributed by atoms with van der Waals surface area (Å²) in [6, 6.07) is 4.22. The van der Waals surface area contributed by atoms with Crippen LogP contribution in [-0.4, -0.2) is 37.0 Å². The van der Waals surface area contributed by atoms with Crippen LogP contribution in [0.25, 0.3) is 0 Å². The minimum absolute atomic E-state index is 0.226. The van der Waals surface area contributed by atoms with Crippen molar-refractivity contribution < 1.29 is 4.79 Å². The molecular weight excluding hydrogens is 236 g/mol. The van der Waals surface area contributed by atoms with Crippen LogP contribution in [0.2, 0.25) is 0 Å². The van der Waals surface area contributed by atoms with Crippen LogP contribution < -0.4 is 5.32 Å². The van der Waals surface area contributed by atoms with E-state index in [0.29, 0.717) is 11.8 Å². The van der Waals surface area contributed by atoms with Crippen molar-refractivity contribution in [2.75, 3.05) is 26.2 Å². The normalized spacial score (nSPS) is 25.7. The Morgan fingerprint density at radius 2 is 1.63 bits per heavy atom. The summed E-state index contributed by atoms with van der Waals surface area (Å²) in [5.74, 6) is 1.55. The van der Waals surface area contributed by atoms with Crippen LogP contribution >= 0.6 is 0 Å². The molecular formula is C16H22N2O. The highest BCUT2D eigenvalue weighted by Crippen LogP contribution is 2.28. The van der Waals surface area contributed by atoms with Gasteiger partial charge < -0.3 is 10.2 Å². The van der Waals surface area contributed by atoms with Gasteiger partial charge in [-0.1, -0.05) is 17.7 Å². The molecule has 0 bridgehead atoms. The topological polar surface area (TPSA) is 32.3 Å². The highest BCUT2D eigenvalue weighted by molar-refractivity contribution is 5.97. The van der Waals surface area contributed by atoms with Crippen molar-refractivity contribution in [3.8, 4) is 0 Å². The van der Waals surface area contributed by atoms with E-state index in [0.717, 1.165) is 42.9 Å². The zero-order valence-corrected chi connectivity index (χ0v) is 12.0. The number of amides is 1. The molecule has 0 spiro atoms. The van der Waals surface area contributed by atoms with E-state index in [9.17, 15) is 4.79 Å². The maximum absolute atomic E-state index is 12.7. The van der Waals surface area contributed by atoms with Gasteiger partial charge in [-0.2, -0.15) is 0 Å². The van der Waals surface area contributed by atoms with Crippen LogP contribution in [0.3, 0.4) is 0 Å². The molecule has 1 aromatic carbocycles. The fraction of sp³-hybridized carbons (Fsp3) is 0.562. The Kier molecular flexibility index (Phi) is 3.09. The van der Waals surface area contributed by atoms with Gasteiger partial charge in [-0.15, -0.1) is 0 Å². The summed E-state index contributed by atoms with van der Waals surface area (Å²) in [7, 11) is 0. The molecule has 2 aliphatic heterocycles. The van der Waals surface area contributed by atoms with Crippen molar-refractivity contribution >= 4 is 5.91 Å². The highest BCUT2D eigenvalue weighted by atomic mass is 16.2. The van der Waals surface area contributed by atoms with E-state index < -0.39 is 0 Å². The quantitative estimate of drug-likeness (QED) is 0.834. The molecule has 0 aliphatic carbocycles. The summed E-state index contributed by atoms with van der Waals surface area (Å²) < 4.78 is 0. The first-order valence-electron chi connectivity index (χ1n) is 7.14. The predicted molar refractivity (Wildman–Crippen MR) is 76.4 cm³/mol. The van der Waals surface area contributed by atoms with E-state index in [1.165, 1.54) is 5.56 Å². The molecule has 2 fully saturated rings. The maximum Gasteiger partial charge on any atom is 0.254 e. The zero-order chi connectivity index (χ0) is 13.6. The van der Waals surface area contributed by atoms with Crippen LogP contribution in [0.15, 0.2) is 12.1 Å². The summed E-state index contributed by atoms with van der Waals surface area (Å²) in [5.41, 5.74) is 4.36. The lowest BCUT2D eigenvalue weighted by Gasteiger charge is -2.20. The zero-order valence-electron chi connectivity index (χ0n) is 12.0. The van der Waals surface area contributed by atoms with Crippen molar-refractivity contribution in [2.45, 2.75) is 20.8 Å². The van der Waals surface area contributed by atoms with Crippen LogP contribution in [0, 0.1) is 32.6 Å². The maximum atomic E-state index is 12.7. The standard InChI is InChI=1S/C16H22N2O/c1-10-4-11(2)15(12(3)5-10)16(19)18-8-13-6-17-7-14(13)9-18/h4-5,13-14,17H,6-9H2,1-3H3. The fourth-order valence-electron chi connectivity index (χ4n) is 3.70. The third-order valence-corrected chi connectivity index (χ3v) is 4.57. The van der Waals surface area contributed by atoms with Crippen LogP contribution in [0.1, 0.15) is 27.0 Å². The molecule has 1 aromatic rings. The van der Waals surface area contributed by atoms with Gasteiger partial charge in [-0.25, -0.2) is 0 Å². The first-order chi connectivity index (χ1) is 9.06. The average molecular weight is 258 g/mol. The largest absolute Gasteiger partial charge is 0.338 e. The van der Waals surface area contributed by atoms with Gasteiger partial charge in [-0.3, -0.25) is 4.79 Å². The molecule has 2 heterocycles. The number of carbonyl (C=O) groups excluding carboxylic acids is 1. The molecule has 3 heteroatoms. The summed E-state index contributed by atoms with van der Waals surface area (Å²) in [6.07, 6.45) is 0. The number of nitrogens with one attached hydrogen (secondary N) is 1. The van der Waals surface area contributed by atoms with Gasteiger partial charge in [0.1, 0.15) is 0 Å². The second kappa shape index (κ2) is 4.64. The lowest BCUT2D eigenvalue weighted by molar-refractivity contribution is 0.0780. The Bertz CT molecular complexity index is 488. The minimum atomic E-state index is 0.226. The molecule has 1 N–H and O–H groups in total. The van der Waals surface area contributed by atoms with Crippen molar-refractivity contribution in [1.29, 1.82) is 0 Å². The Morgan fingerprint density at radius 3 is 2.16 bits per heavy atom. The van der Waals surface area contributed by atoms with Gasteiger partial charge in [0.05, 0.1) is 0 Å². The van der Waals surface area contributed by atoms with Gasteiger partial charge in [0.2, 0.25) is 0 Å². The van der Waals surface area contributed by atoms with Crippen LogP contribution in [0.4, 0.5) is 0 Å². The predicted octanol–water partition coefficient (Wildman–Crippen LogP) is 1.90. The smallest absolute Gasteiger partial charge is 0.254 e. The lowest BCUT2D eigenvalue weighted by Crippen LogP contribution is -2.32. The number of benzene rings is 1. The van der Waals surface area contributed by atoms with Crippen molar-refractivity contribution in [2.24, 2.45) is 11.8 Å². The Morgan fingerprint density at radius 1 is 1.11 bits per heavy atom. The van der Waals surface area contributed by atoms with E-state index in [4.69, 9.17) is 0 Å². The summed E-state index contributed by atoms with van der Waals surface area (Å²) in [6.45, 7) is 10.2. The average Bonchev–Trinajstić information content (AvgIpc) is 2.86. The molecule has 0 radical (unpaired) electrons. The molecule has 3 rings (SSSR count). The van der Waals surface area contributed by atoms with Gasteiger partial charge in [0, 0.05) is 31.7 Å². The molecule has 2 aliphatic rings. The molecule has 2 unspecified atom stereocenters. The van der Waals surface area contributed by atoms with E-state index in [-0.39, 0.29) is 5.91 Å². The Hall–Kier alpha value is -1.35. The number of nitrogens with zero attached hydrogens (tertiary/aromatic N) is 1. The number of rotatable bonds is 1. The van der Waals surface area contributed by atoms with Crippen LogP contribution in [-0.2, 0) is 0 Å².